The van der Waals surface area contributed by atoms with E-state index in [1.54, 1.807) is 13.8 Å². The maximum atomic E-state index is 12.1. The van der Waals surface area contributed by atoms with Crippen LogP contribution in [0.25, 0.3) is 0 Å². The van der Waals surface area contributed by atoms with E-state index in [9.17, 15) is 19.2 Å². The van der Waals surface area contributed by atoms with Gasteiger partial charge in [-0.25, -0.2) is 4.90 Å². The number of hydrogen-bond acceptors (Lipinski definition) is 6. The zero-order chi connectivity index (χ0) is 16.4. The molecule has 0 aromatic heterocycles. The standard InChI is InChI=1S/C14H21NO6/c1-6-14(4,5)13(19)20-8(2)12(18)15-10(17)7-11(15)21-9(3)16/h8,11H,6-7H2,1-5H3. The molecule has 1 rings (SSSR count). The number of esters is 2. The van der Waals surface area contributed by atoms with Gasteiger partial charge in [-0.1, -0.05) is 6.92 Å². The molecule has 0 radical (unpaired) electrons. The molecule has 2 atom stereocenters. The zero-order valence-electron chi connectivity index (χ0n) is 13.0. The molecule has 0 N–H and O–H groups in total. The number of amides is 2. The van der Waals surface area contributed by atoms with Crippen molar-refractivity contribution in [2.24, 2.45) is 5.41 Å². The van der Waals surface area contributed by atoms with Gasteiger partial charge in [-0.3, -0.25) is 19.2 Å². The third-order valence-corrected chi connectivity index (χ3v) is 3.51. The van der Waals surface area contributed by atoms with Gasteiger partial charge in [0.1, 0.15) is 0 Å². The lowest BCUT2D eigenvalue weighted by Gasteiger charge is -2.38. The molecular weight excluding hydrogens is 278 g/mol. The Balaban J connectivity index is 2.68. The van der Waals surface area contributed by atoms with Crippen LogP contribution in [-0.4, -0.2) is 41.0 Å². The van der Waals surface area contributed by atoms with Crippen LogP contribution in [0.2, 0.25) is 0 Å². The van der Waals surface area contributed by atoms with Gasteiger partial charge in [0.15, 0.2) is 12.3 Å². The largest absolute Gasteiger partial charge is 0.452 e. The lowest BCUT2D eigenvalue weighted by atomic mass is 9.90. The minimum Gasteiger partial charge on any atom is -0.452 e. The summed E-state index contributed by atoms with van der Waals surface area (Å²) >= 11 is 0. The Bertz CT molecular complexity index is 470. The van der Waals surface area contributed by atoms with Gasteiger partial charge < -0.3 is 9.47 Å². The lowest BCUT2D eigenvalue weighted by molar-refractivity contribution is -0.193. The molecule has 0 aromatic carbocycles. The Morgan fingerprint density at radius 1 is 1.38 bits per heavy atom. The molecule has 2 amide bonds. The summed E-state index contributed by atoms with van der Waals surface area (Å²) in [6, 6.07) is 0. The summed E-state index contributed by atoms with van der Waals surface area (Å²) in [4.78, 5) is 47.2. The number of β-lactam (4-membered cyclic amide) rings is 1. The van der Waals surface area contributed by atoms with Crippen LogP contribution in [0, 0.1) is 5.41 Å². The first-order valence-corrected chi connectivity index (χ1v) is 6.84. The first-order valence-electron chi connectivity index (χ1n) is 6.84. The number of hydrogen-bond donors (Lipinski definition) is 0. The van der Waals surface area contributed by atoms with Gasteiger partial charge in [-0.2, -0.15) is 0 Å². The van der Waals surface area contributed by atoms with Crippen LogP contribution < -0.4 is 0 Å². The van der Waals surface area contributed by atoms with E-state index in [-0.39, 0.29) is 6.42 Å². The van der Waals surface area contributed by atoms with E-state index in [1.165, 1.54) is 13.8 Å². The van der Waals surface area contributed by atoms with Crippen molar-refractivity contribution < 1.29 is 28.7 Å². The van der Waals surface area contributed by atoms with Crippen molar-refractivity contribution in [2.75, 3.05) is 0 Å². The van der Waals surface area contributed by atoms with E-state index in [0.717, 1.165) is 4.90 Å². The fourth-order valence-electron chi connectivity index (χ4n) is 1.65. The van der Waals surface area contributed by atoms with Gasteiger partial charge in [-0.05, 0) is 27.2 Å². The smallest absolute Gasteiger partial charge is 0.312 e. The van der Waals surface area contributed by atoms with Gasteiger partial charge in [0.05, 0.1) is 11.8 Å². The Labute approximate surface area is 123 Å². The summed E-state index contributed by atoms with van der Waals surface area (Å²) in [6.07, 6.45) is -1.48. The molecule has 0 saturated carbocycles. The minimum absolute atomic E-state index is 0.0353. The molecule has 0 aromatic rings. The van der Waals surface area contributed by atoms with E-state index < -0.39 is 41.5 Å². The van der Waals surface area contributed by atoms with Crippen LogP contribution in [0.3, 0.4) is 0 Å². The molecule has 1 aliphatic rings. The van der Waals surface area contributed by atoms with Crippen molar-refractivity contribution in [1.29, 1.82) is 0 Å². The Kier molecular flexibility index (Phi) is 5.09. The van der Waals surface area contributed by atoms with Crippen LogP contribution >= 0.6 is 0 Å². The molecule has 1 aliphatic heterocycles. The molecule has 1 fully saturated rings. The first kappa shape index (κ1) is 17.1. The molecule has 2 unspecified atom stereocenters. The van der Waals surface area contributed by atoms with Crippen LogP contribution in [0.1, 0.15) is 47.5 Å². The number of imide groups is 1. The highest BCUT2D eigenvalue weighted by molar-refractivity contribution is 6.02. The monoisotopic (exact) mass is 299 g/mol. The fourth-order valence-corrected chi connectivity index (χ4v) is 1.65. The van der Waals surface area contributed by atoms with Crippen molar-refractivity contribution >= 4 is 23.8 Å². The Morgan fingerprint density at radius 3 is 2.38 bits per heavy atom. The van der Waals surface area contributed by atoms with Gasteiger partial charge in [-0.15, -0.1) is 0 Å². The van der Waals surface area contributed by atoms with E-state index in [0.29, 0.717) is 6.42 Å². The quantitative estimate of drug-likeness (QED) is 0.556. The second-order valence-electron chi connectivity index (χ2n) is 5.66. The molecule has 0 bridgehead atoms. The van der Waals surface area contributed by atoms with E-state index in [1.807, 2.05) is 6.92 Å². The second kappa shape index (κ2) is 6.24. The number of likely N-dealkylation sites (tertiary alicyclic amines) is 1. The summed E-state index contributed by atoms with van der Waals surface area (Å²) in [7, 11) is 0. The average Bonchev–Trinajstić information content (AvgIpc) is 2.36. The second-order valence-corrected chi connectivity index (χ2v) is 5.66. The highest BCUT2D eigenvalue weighted by Crippen LogP contribution is 2.25. The lowest BCUT2D eigenvalue weighted by Crippen LogP contribution is -2.60. The minimum atomic E-state index is -1.11. The Morgan fingerprint density at radius 2 is 1.95 bits per heavy atom. The van der Waals surface area contributed by atoms with Crippen LogP contribution in [0.4, 0.5) is 0 Å². The number of carbonyl (C=O) groups excluding carboxylic acids is 4. The van der Waals surface area contributed by atoms with Gasteiger partial charge in [0.25, 0.3) is 5.91 Å². The molecule has 21 heavy (non-hydrogen) atoms. The topological polar surface area (TPSA) is 90.0 Å². The number of nitrogens with zero attached hydrogens (tertiary/aromatic N) is 1. The third-order valence-electron chi connectivity index (χ3n) is 3.51. The van der Waals surface area contributed by atoms with Gasteiger partial charge >= 0.3 is 11.9 Å². The molecular formula is C14H21NO6. The molecule has 7 heteroatoms. The van der Waals surface area contributed by atoms with Gasteiger partial charge in [0, 0.05) is 6.92 Å². The Hall–Kier alpha value is -1.92. The van der Waals surface area contributed by atoms with Crippen LogP contribution in [-0.2, 0) is 28.7 Å². The van der Waals surface area contributed by atoms with Crippen molar-refractivity contribution in [2.45, 2.75) is 59.8 Å². The van der Waals surface area contributed by atoms with Crippen LogP contribution in [0.15, 0.2) is 0 Å². The number of carbonyl (C=O) groups is 4. The predicted molar refractivity (Wildman–Crippen MR) is 71.7 cm³/mol. The maximum absolute atomic E-state index is 12.1. The maximum Gasteiger partial charge on any atom is 0.312 e. The van der Waals surface area contributed by atoms with E-state index in [2.05, 4.69) is 0 Å². The van der Waals surface area contributed by atoms with E-state index >= 15 is 0 Å². The molecule has 0 aliphatic carbocycles. The van der Waals surface area contributed by atoms with Crippen molar-refractivity contribution in [3.63, 3.8) is 0 Å². The number of ether oxygens (including phenoxy) is 2. The van der Waals surface area contributed by atoms with Crippen molar-refractivity contribution in [3.8, 4) is 0 Å². The summed E-state index contributed by atoms with van der Waals surface area (Å²) in [5, 5.41) is 0. The molecule has 118 valence electrons. The van der Waals surface area contributed by atoms with Crippen molar-refractivity contribution in [1.82, 2.24) is 4.90 Å². The van der Waals surface area contributed by atoms with Crippen molar-refractivity contribution in [3.05, 3.63) is 0 Å². The summed E-state index contributed by atoms with van der Waals surface area (Å²) in [5.41, 5.74) is -0.706. The summed E-state index contributed by atoms with van der Waals surface area (Å²) in [5.74, 6) is -2.23. The highest BCUT2D eigenvalue weighted by Gasteiger charge is 2.45. The average molecular weight is 299 g/mol. The molecule has 0 spiro atoms. The summed E-state index contributed by atoms with van der Waals surface area (Å²) in [6.45, 7) is 7.84. The normalized spacial score (nSPS) is 19.6. The number of rotatable bonds is 5. The molecule has 1 saturated heterocycles. The summed E-state index contributed by atoms with van der Waals surface area (Å²) < 4.78 is 9.94. The van der Waals surface area contributed by atoms with Gasteiger partial charge in [0.2, 0.25) is 5.91 Å². The SMILES string of the molecule is CCC(C)(C)C(=O)OC(C)C(=O)N1C(=O)CC1OC(C)=O. The highest BCUT2D eigenvalue weighted by atomic mass is 16.6. The third kappa shape index (κ3) is 3.80. The molecule has 7 nitrogen and oxygen atoms in total. The molecule has 1 heterocycles. The predicted octanol–water partition coefficient (Wildman–Crippen LogP) is 1.00. The van der Waals surface area contributed by atoms with E-state index in [4.69, 9.17) is 9.47 Å². The first-order chi connectivity index (χ1) is 9.60. The zero-order valence-corrected chi connectivity index (χ0v) is 13.0. The fraction of sp³-hybridized carbons (Fsp3) is 0.714. The van der Waals surface area contributed by atoms with Crippen LogP contribution in [0.5, 0.6) is 0 Å².